The minimum Gasteiger partial charge on any atom is -0.334 e. The minimum absolute atomic E-state index is 0.489. The second kappa shape index (κ2) is 6.16. The molecule has 1 unspecified atom stereocenters. The van der Waals surface area contributed by atoms with E-state index < -0.39 is 0 Å². The van der Waals surface area contributed by atoms with E-state index in [0.29, 0.717) is 6.04 Å². The van der Waals surface area contributed by atoms with E-state index in [1.165, 1.54) is 15.4 Å². The summed E-state index contributed by atoms with van der Waals surface area (Å²) in [5.74, 6) is 0. The Morgan fingerprint density at radius 2 is 2.28 bits per heavy atom. The molecule has 98 valence electrons. The number of rotatable bonds is 6. The molecule has 18 heavy (non-hydrogen) atoms. The van der Waals surface area contributed by atoms with Crippen LogP contribution >= 0.6 is 11.3 Å². The Labute approximate surface area is 113 Å². The molecule has 4 heteroatoms. The van der Waals surface area contributed by atoms with E-state index in [0.717, 1.165) is 19.5 Å². The van der Waals surface area contributed by atoms with E-state index in [1.54, 1.807) is 0 Å². The summed E-state index contributed by atoms with van der Waals surface area (Å²) < 4.78 is 2.18. The first kappa shape index (κ1) is 13.3. The first-order valence-corrected chi connectivity index (χ1v) is 7.28. The first-order valence-electron chi connectivity index (χ1n) is 6.46. The average Bonchev–Trinajstić information content (AvgIpc) is 2.95. The van der Waals surface area contributed by atoms with Gasteiger partial charge in [0.1, 0.15) is 0 Å². The van der Waals surface area contributed by atoms with Gasteiger partial charge in [0, 0.05) is 35.1 Å². The van der Waals surface area contributed by atoms with Crippen molar-refractivity contribution in [1.29, 1.82) is 0 Å². The summed E-state index contributed by atoms with van der Waals surface area (Å²) in [7, 11) is 0. The number of hydrogen-bond acceptors (Lipinski definition) is 3. The van der Waals surface area contributed by atoms with Crippen LogP contribution in [0.2, 0.25) is 0 Å². The highest BCUT2D eigenvalue weighted by Crippen LogP contribution is 2.16. The molecule has 2 aromatic heterocycles. The van der Waals surface area contributed by atoms with Crippen LogP contribution in [0.1, 0.15) is 29.3 Å². The van der Waals surface area contributed by atoms with Crippen LogP contribution in [0.15, 0.2) is 24.7 Å². The fraction of sp³-hybridized carbons (Fsp3) is 0.500. The fourth-order valence-electron chi connectivity index (χ4n) is 2.03. The minimum atomic E-state index is 0.489. The van der Waals surface area contributed by atoms with Crippen molar-refractivity contribution in [2.24, 2.45) is 0 Å². The van der Waals surface area contributed by atoms with E-state index >= 15 is 0 Å². The van der Waals surface area contributed by atoms with Gasteiger partial charge in [-0.2, -0.15) is 0 Å². The SMILES string of the molecule is CCn1cncc1CNC(C)Cc1ccc(C)s1. The highest BCUT2D eigenvalue weighted by Gasteiger charge is 2.06. The summed E-state index contributed by atoms with van der Waals surface area (Å²) in [6.07, 6.45) is 4.93. The number of imidazole rings is 1. The Morgan fingerprint density at radius 1 is 1.44 bits per heavy atom. The Morgan fingerprint density at radius 3 is 2.94 bits per heavy atom. The summed E-state index contributed by atoms with van der Waals surface area (Å²) in [4.78, 5) is 7.03. The van der Waals surface area contributed by atoms with Crippen LogP contribution in [0.3, 0.4) is 0 Å². The van der Waals surface area contributed by atoms with E-state index in [9.17, 15) is 0 Å². The van der Waals surface area contributed by atoms with Crippen LogP contribution in [0.5, 0.6) is 0 Å². The molecule has 2 heterocycles. The molecular formula is C14H21N3S. The highest BCUT2D eigenvalue weighted by atomic mass is 32.1. The van der Waals surface area contributed by atoms with E-state index in [4.69, 9.17) is 0 Å². The first-order chi connectivity index (χ1) is 8.69. The molecule has 0 aliphatic heterocycles. The quantitative estimate of drug-likeness (QED) is 0.868. The molecule has 1 N–H and O–H groups in total. The van der Waals surface area contributed by atoms with E-state index in [1.807, 2.05) is 23.9 Å². The van der Waals surface area contributed by atoms with Crippen LogP contribution in [0.4, 0.5) is 0 Å². The number of aromatic nitrogens is 2. The van der Waals surface area contributed by atoms with Crippen molar-refractivity contribution in [2.45, 2.75) is 46.3 Å². The predicted octanol–water partition coefficient (Wildman–Crippen LogP) is 2.99. The van der Waals surface area contributed by atoms with Crippen molar-refractivity contribution in [1.82, 2.24) is 14.9 Å². The molecule has 0 spiro atoms. The Hall–Kier alpha value is -1.13. The Balaban J connectivity index is 1.83. The number of hydrogen-bond donors (Lipinski definition) is 1. The average molecular weight is 263 g/mol. The second-order valence-electron chi connectivity index (χ2n) is 4.67. The second-order valence-corrected chi connectivity index (χ2v) is 6.04. The zero-order valence-electron chi connectivity index (χ0n) is 11.3. The lowest BCUT2D eigenvalue weighted by Gasteiger charge is -2.13. The Kier molecular flexibility index (Phi) is 4.55. The van der Waals surface area contributed by atoms with Gasteiger partial charge in [-0.15, -0.1) is 11.3 Å². The summed E-state index contributed by atoms with van der Waals surface area (Å²) in [6, 6.07) is 4.91. The molecule has 1 atom stereocenters. The molecular weight excluding hydrogens is 242 g/mol. The zero-order chi connectivity index (χ0) is 13.0. The van der Waals surface area contributed by atoms with Gasteiger partial charge in [-0.25, -0.2) is 4.98 Å². The molecule has 0 amide bonds. The van der Waals surface area contributed by atoms with Crippen LogP contribution in [0.25, 0.3) is 0 Å². The lowest BCUT2D eigenvalue weighted by Crippen LogP contribution is -2.28. The van der Waals surface area contributed by atoms with Crippen molar-refractivity contribution < 1.29 is 0 Å². The van der Waals surface area contributed by atoms with Crippen LogP contribution < -0.4 is 5.32 Å². The molecule has 0 aliphatic rings. The smallest absolute Gasteiger partial charge is 0.0948 e. The van der Waals surface area contributed by atoms with Crippen molar-refractivity contribution in [3.05, 3.63) is 40.1 Å². The van der Waals surface area contributed by atoms with Crippen molar-refractivity contribution in [2.75, 3.05) is 0 Å². The van der Waals surface area contributed by atoms with Crippen molar-refractivity contribution >= 4 is 11.3 Å². The zero-order valence-corrected chi connectivity index (χ0v) is 12.1. The molecule has 2 aromatic rings. The van der Waals surface area contributed by atoms with Gasteiger partial charge in [0.25, 0.3) is 0 Å². The normalized spacial score (nSPS) is 12.8. The van der Waals surface area contributed by atoms with E-state index in [2.05, 4.69) is 47.8 Å². The van der Waals surface area contributed by atoms with Crippen molar-refractivity contribution in [3.8, 4) is 0 Å². The van der Waals surface area contributed by atoms with E-state index in [-0.39, 0.29) is 0 Å². The third-order valence-corrected chi connectivity index (χ3v) is 4.10. The Bertz CT molecular complexity index is 487. The third kappa shape index (κ3) is 3.43. The number of nitrogens with zero attached hydrogens (tertiary/aromatic N) is 2. The lowest BCUT2D eigenvalue weighted by atomic mass is 10.2. The highest BCUT2D eigenvalue weighted by molar-refractivity contribution is 7.11. The maximum atomic E-state index is 4.18. The molecule has 0 saturated heterocycles. The van der Waals surface area contributed by atoms with Crippen LogP contribution in [0, 0.1) is 6.92 Å². The van der Waals surface area contributed by atoms with Gasteiger partial charge in [-0.1, -0.05) is 0 Å². The summed E-state index contributed by atoms with van der Waals surface area (Å²) in [5, 5.41) is 3.56. The molecule has 3 nitrogen and oxygen atoms in total. The van der Waals surface area contributed by atoms with Gasteiger partial charge in [0.05, 0.1) is 12.0 Å². The van der Waals surface area contributed by atoms with Gasteiger partial charge in [-0.3, -0.25) is 0 Å². The molecule has 0 aromatic carbocycles. The van der Waals surface area contributed by atoms with Gasteiger partial charge in [0.15, 0.2) is 0 Å². The van der Waals surface area contributed by atoms with Gasteiger partial charge in [-0.05, 0) is 39.3 Å². The third-order valence-electron chi connectivity index (χ3n) is 3.07. The van der Waals surface area contributed by atoms with Crippen LogP contribution in [-0.2, 0) is 19.5 Å². The molecule has 0 saturated carbocycles. The molecule has 0 bridgehead atoms. The maximum Gasteiger partial charge on any atom is 0.0948 e. The number of thiophene rings is 1. The summed E-state index contributed by atoms with van der Waals surface area (Å²) in [5.41, 5.74) is 1.26. The molecule has 2 rings (SSSR count). The maximum absolute atomic E-state index is 4.18. The number of aryl methyl sites for hydroxylation is 2. The van der Waals surface area contributed by atoms with Crippen molar-refractivity contribution in [3.63, 3.8) is 0 Å². The molecule has 0 aliphatic carbocycles. The molecule has 0 fully saturated rings. The predicted molar refractivity (Wildman–Crippen MR) is 77.0 cm³/mol. The van der Waals surface area contributed by atoms with Gasteiger partial charge < -0.3 is 9.88 Å². The monoisotopic (exact) mass is 263 g/mol. The van der Waals surface area contributed by atoms with Crippen LogP contribution in [-0.4, -0.2) is 15.6 Å². The van der Waals surface area contributed by atoms with Gasteiger partial charge >= 0.3 is 0 Å². The lowest BCUT2D eigenvalue weighted by molar-refractivity contribution is 0.529. The summed E-state index contributed by atoms with van der Waals surface area (Å²) in [6.45, 7) is 8.41. The summed E-state index contributed by atoms with van der Waals surface area (Å²) >= 11 is 1.89. The van der Waals surface area contributed by atoms with Gasteiger partial charge in [0.2, 0.25) is 0 Å². The fourth-order valence-corrected chi connectivity index (χ4v) is 3.05. The number of nitrogens with one attached hydrogen (secondary N) is 1. The largest absolute Gasteiger partial charge is 0.334 e. The standard InChI is InChI=1S/C14H21N3S/c1-4-17-10-15-8-13(17)9-16-11(2)7-14-6-5-12(3)18-14/h5-6,8,10-11,16H,4,7,9H2,1-3H3. The molecule has 0 radical (unpaired) electrons. The topological polar surface area (TPSA) is 29.9 Å².